The molecular formula is C11H18N2. The molecular weight excluding hydrogens is 160 g/mol. The normalized spacial score (nSPS) is 35.8. The van der Waals surface area contributed by atoms with E-state index in [4.69, 9.17) is 5.26 Å². The van der Waals surface area contributed by atoms with Crippen molar-refractivity contribution >= 4 is 5.71 Å². The van der Waals surface area contributed by atoms with Gasteiger partial charge in [-0.15, -0.1) is 0 Å². The second-order valence-electron chi connectivity index (χ2n) is 5.16. The van der Waals surface area contributed by atoms with E-state index in [1.165, 1.54) is 5.71 Å². The van der Waals surface area contributed by atoms with Gasteiger partial charge in [-0.25, -0.2) is 0 Å². The van der Waals surface area contributed by atoms with Crippen LogP contribution in [0.3, 0.4) is 0 Å². The molecule has 0 aromatic heterocycles. The zero-order valence-corrected chi connectivity index (χ0v) is 9.02. The van der Waals surface area contributed by atoms with Gasteiger partial charge in [-0.1, -0.05) is 13.8 Å². The van der Waals surface area contributed by atoms with Crippen LogP contribution in [0.2, 0.25) is 0 Å². The highest BCUT2D eigenvalue weighted by Crippen LogP contribution is 2.44. The fraction of sp³-hybridized carbons (Fsp3) is 0.818. The summed E-state index contributed by atoms with van der Waals surface area (Å²) in [6.45, 7) is 6.47. The fourth-order valence-electron chi connectivity index (χ4n) is 2.48. The molecule has 0 saturated heterocycles. The van der Waals surface area contributed by atoms with Crippen LogP contribution in [0.1, 0.15) is 40.0 Å². The molecule has 2 heteroatoms. The van der Waals surface area contributed by atoms with Crippen molar-refractivity contribution in [2.45, 2.75) is 40.0 Å². The summed E-state index contributed by atoms with van der Waals surface area (Å²) in [6, 6.07) is 2.42. The number of nitriles is 1. The van der Waals surface area contributed by atoms with Crippen LogP contribution >= 0.6 is 0 Å². The Kier molecular flexibility index (Phi) is 2.47. The smallest absolute Gasteiger partial charge is 0.0691 e. The Bertz CT molecular complexity index is 270. The van der Waals surface area contributed by atoms with Crippen LogP contribution in [0, 0.1) is 22.2 Å². The molecule has 0 radical (unpaired) electrons. The van der Waals surface area contributed by atoms with Crippen LogP contribution in [0.4, 0.5) is 0 Å². The Morgan fingerprint density at radius 2 is 1.92 bits per heavy atom. The first-order valence-electron chi connectivity index (χ1n) is 4.77. The van der Waals surface area contributed by atoms with Crippen molar-refractivity contribution in [2.24, 2.45) is 15.8 Å². The lowest BCUT2D eigenvalue weighted by atomic mass is 9.64. The molecule has 0 bridgehead atoms. The van der Waals surface area contributed by atoms with Crippen molar-refractivity contribution in [3.63, 3.8) is 0 Å². The van der Waals surface area contributed by atoms with Crippen LogP contribution in [-0.4, -0.2) is 12.8 Å². The minimum atomic E-state index is -0.198. The lowest BCUT2D eigenvalue weighted by Crippen LogP contribution is -2.35. The Morgan fingerprint density at radius 1 is 1.31 bits per heavy atom. The van der Waals surface area contributed by atoms with Crippen molar-refractivity contribution in [1.82, 2.24) is 0 Å². The third kappa shape index (κ3) is 2.30. The van der Waals surface area contributed by atoms with Crippen LogP contribution in [0.15, 0.2) is 4.99 Å². The van der Waals surface area contributed by atoms with Crippen LogP contribution in [0.25, 0.3) is 0 Å². The minimum Gasteiger partial charge on any atom is -0.297 e. The molecule has 72 valence electrons. The van der Waals surface area contributed by atoms with E-state index in [9.17, 15) is 0 Å². The summed E-state index contributed by atoms with van der Waals surface area (Å²) < 4.78 is 0. The van der Waals surface area contributed by atoms with Gasteiger partial charge in [-0.05, 0) is 25.2 Å². The second-order valence-corrected chi connectivity index (χ2v) is 5.16. The highest BCUT2D eigenvalue weighted by Gasteiger charge is 2.39. The molecule has 1 aliphatic rings. The Hall–Kier alpha value is -0.840. The zero-order valence-electron chi connectivity index (χ0n) is 9.02. The van der Waals surface area contributed by atoms with Gasteiger partial charge in [0.1, 0.15) is 0 Å². The average Bonchev–Trinajstić information content (AvgIpc) is 2.01. The van der Waals surface area contributed by atoms with Crippen LogP contribution < -0.4 is 0 Å². The number of hydrogen-bond donors (Lipinski definition) is 0. The molecule has 1 aliphatic carbocycles. The summed E-state index contributed by atoms with van der Waals surface area (Å²) in [6.07, 6.45) is 2.87. The highest BCUT2D eigenvalue weighted by molar-refractivity contribution is 5.86. The monoisotopic (exact) mass is 178 g/mol. The molecule has 0 heterocycles. The molecule has 1 fully saturated rings. The molecule has 0 spiro atoms. The standard InChI is InChI=1S/C11H18N2/c1-10(2)5-9(13-4)6-11(3,7-10)8-12/h5-7H2,1-4H3/b13-9-. The average molecular weight is 178 g/mol. The number of aliphatic imine (C=N–C) groups is 1. The lowest BCUT2D eigenvalue weighted by Gasteiger charge is -2.39. The summed E-state index contributed by atoms with van der Waals surface area (Å²) >= 11 is 0. The first-order chi connectivity index (χ1) is 5.91. The number of rotatable bonds is 0. The Labute approximate surface area is 80.7 Å². The minimum absolute atomic E-state index is 0.198. The first-order valence-corrected chi connectivity index (χ1v) is 4.77. The quantitative estimate of drug-likeness (QED) is 0.562. The molecule has 2 nitrogen and oxygen atoms in total. The molecule has 1 unspecified atom stereocenters. The predicted octanol–water partition coefficient (Wildman–Crippen LogP) is 2.80. The molecule has 0 amide bonds. The topological polar surface area (TPSA) is 36.1 Å². The molecule has 0 aromatic rings. The predicted molar refractivity (Wildman–Crippen MR) is 54.7 cm³/mol. The summed E-state index contributed by atoms with van der Waals surface area (Å²) in [5, 5.41) is 9.09. The van der Waals surface area contributed by atoms with Crippen LogP contribution in [0.5, 0.6) is 0 Å². The third-order valence-corrected chi connectivity index (χ3v) is 2.73. The zero-order chi connectivity index (χ0) is 10.1. The maximum Gasteiger partial charge on any atom is 0.0691 e. The summed E-state index contributed by atoms with van der Waals surface area (Å²) in [7, 11) is 1.83. The van der Waals surface area contributed by atoms with E-state index in [1.54, 1.807) is 0 Å². The second kappa shape index (κ2) is 3.14. The summed E-state index contributed by atoms with van der Waals surface area (Å²) in [4.78, 5) is 4.25. The van der Waals surface area contributed by atoms with Gasteiger partial charge >= 0.3 is 0 Å². The van der Waals surface area contributed by atoms with E-state index in [2.05, 4.69) is 24.9 Å². The molecule has 0 N–H and O–H groups in total. The van der Waals surface area contributed by atoms with E-state index in [1.807, 2.05) is 14.0 Å². The van der Waals surface area contributed by atoms with Crippen LogP contribution in [-0.2, 0) is 0 Å². The Morgan fingerprint density at radius 3 is 2.38 bits per heavy atom. The van der Waals surface area contributed by atoms with Gasteiger partial charge in [0.2, 0.25) is 0 Å². The molecule has 0 aromatic carbocycles. The third-order valence-electron chi connectivity index (χ3n) is 2.73. The van der Waals surface area contributed by atoms with Gasteiger partial charge in [0, 0.05) is 19.2 Å². The Balaban J connectivity index is 2.92. The van der Waals surface area contributed by atoms with E-state index in [-0.39, 0.29) is 10.8 Å². The molecule has 0 aliphatic heterocycles. The highest BCUT2D eigenvalue weighted by atomic mass is 14.7. The fourth-order valence-corrected chi connectivity index (χ4v) is 2.48. The molecule has 1 atom stereocenters. The molecule has 13 heavy (non-hydrogen) atoms. The van der Waals surface area contributed by atoms with E-state index < -0.39 is 0 Å². The largest absolute Gasteiger partial charge is 0.297 e. The first kappa shape index (κ1) is 10.2. The summed E-state index contributed by atoms with van der Waals surface area (Å²) in [5.41, 5.74) is 1.23. The number of nitrogens with zero attached hydrogens (tertiary/aromatic N) is 2. The molecule has 1 saturated carbocycles. The van der Waals surface area contributed by atoms with Gasteiger partial charge in [0.25, 0.3) is 0 Å². The van der Waals surface area contributed by atoms with Crippen molar-refractivity contribution in [3.05, 3.63) is 0 Å². The van der Waals surface area contributed by atoms with Gasteiger partial charge in [-0.3, -0.25) is 4.99 Å². The van der Waals surface area contributed by atoms with E-state index in [0.29, 0.717) is 0 Å². The van der Waals surface area contributed by atoms with Crippen molar-refractivity contribution in [1.29, 1.82) is 5.26 Å². The van der Waals surface area contributed by atoms with Gasteiger partial charge < -0.3 is 0 Å². The molecule has 1 rings (SSSR count). The maximum atomic E-state index is 9.09. The van der Waals surface area contributed by atoms with E-state index in [0.717, 1.165) is 19.3 Å². The lowest BCUT2D eigenvalue weighted by molar-refractivity contribution is 0.215. The number of hydrogen-bond acceptors (Lipinski definition) is 2. The van der Waals surface area contributed by atoms with Gasteiger partial charge in [-0.2, -0.15) is 5.26 Å². The van der Waals surface area contributed by atoms with Crippen molar-refractivity contribution in [3.8, 4) is 6.07 Å². The van der Waals surface area contributed by atoms with Crippen molar-refractivity contribution in [2.75, 3.05) is 7.05 Å². The van der Waals surface area contributed by atoms with Gasteiger partial charge in [0.05, 0.1) is 11.5 Å². The van der Waals surface area contributed by atoms with Gasteiger partial charge in [0.15, 0.2) is 0 Å². The summed E-state index contributed by atoms with van der Waals surface area (Å²) in [5.74, 6) is 0. The maximum absolute atomic E-state index is 9.09. The van der Waals surface area contributed by atoms with E-state index >= 15 is 0 Å². The van der Waals surface area contributed by atoms with Crippen molar-refractivity contribution < 1.29 is 0 Å². The SMILES string of the molecule is C/N=C1/CC(C)(C)CC(C)(C#N)C1.